The average molecular weight is 310 g/mol. The van der Waals surface area contributed by atoms with Crippen LogP contribution >= 0.6 is 23.2 Å². The minimum absolute atomic E-state index is 0.0541. The Morgan fingerprint density at radius 3 is 2.15 bits per heavy atom. The highest BCUT2D eigenvalue weighted by Gasteiger charge is 2.09. The lowest BCUT2D eigenvalue weighted by Gasteiger charge is -2.12. The van der Waals surface area contributed by atoms with E-state index in [1.165, 1.54) is 0 Å². The average Bonchev–Trinajstić information content (AvgIpc) is 2.38. The summed E-state index contributed by atoms with van der Waals surface area (Å²) in [6.07, 6.45) is 0. The Hall–Kier alpha value is -1.22. The molecule has 20 heavy (non-hydrogen) atoms. The fourth-order valence-electron chi connectivity index (χ4n) is 1.98. The predicted molar refractivity (Wildman–Crippen MR) is 85.1 cm³/mol. The molecule has 106 valence electrons. The number of nitrogens with two attached hydrogens (primary N) is 1. The maximum absolute atomic E-state index is 6.23. The van der Waals surface area contributed by atoms with Crippen LogP contribution in [0, 0.1) is 13.8 Å². The second kappa shape index (κ2) is 6.04. The standard InChI is InChI=1S/C16H17Cl2NO/c1-9-6-13(7-10(2)16(9)18)20-15-5-4-12(11(3)19)8-14(15)17/h4-8,11H,19H2,1-3H3/t11-/m0/s1. The topological polar surface area (TPSA) is 35.2 Å². The van der Waals surface area contributed by atoms with Gasteiger partial charge in [0.05, 0.1) is 5.02 Å². The third kappa shape index (κ3) is 3.26. The van der Waals surface area contributed by atoms with Crippen LogP contribution in [0.5, 0.6) is 11.5 Å². The van der Waals surface area contributed by atoms with E-state index in [4.69, 9.17) is 33.7 Å². The SMILES string of the molecule is Cc1cc(Oc2ccc([C@H](C)N)cc2Cl)cc(C)c1Cl. The highest BCUT2D eigenvalue weighted by molar-refractivity contribution is 6.32. The van der Waals surface area contributed by atoms with Gasteiger partial charge in [-0.05, 0) is 61.7 Å². The van der Waals surface area contributed by atoms with E-state index in [0.29, 0.717) is 10.8 Å². The fourth-order valence-corrected chi connectivity index (χ4v) is 2.31. The van der Waals surface area contributed by atoms with Crippen molar-refractivity contribution in [3.8, 4) is 11.5 Å². The summed E-state index contributed by atoms with van der Waals surface area (Å²) in [6, 6.07) is 9.32. The van der Waals surface area contributed by atoms with Crippen LogP contribution in [0.25, 0.3) is 0 Å². The summed E-state index contributed by atoms with van der Waals surface area (Å²) < 4.78 is 5.83. The van der Waals surface area contributed by atoms with Crippen molar-refractivity contribution >= 4 is 23.2 Å². The first-order chi connectivity index (χ1) is 9.38. The molecule has 0 radical (unpaired) electrons. The Labute approximate surface area is 129 Å². The molecule has 2 aromatic carbocycles. The third-order valence-corrected chi connectivity index (χ3v) is 4.01. The summed E-state index contributed by atoms with van der Waals surface area (Å²) in [4.78, 5) is 0. The number of hydrogen-bond acceptors (Lipinski definition) is 2. The number of ether oxygens (including phenoxy) is 1. The molecule has 0 unspecified atom stereocenters. The predicted octanol–water partition coefficient (Wildman–Crippen LogP) is 5.42. The second-order valence-electron chi connectivity index (χ2n) is 4.95. The Kier molecular flexibility index (Phi) is 4.59. The number of aryl methyl sites for hydroxylation is 2. The molecule has 2 aromatic rings. The molecule has 0 fully saturated rings. The van der Waals surface area contributed by atoms with Crippen LogP contribution in [0.2, 0.25) is 10.0 Å². The second-order valence-corrected chi connectivity index (χ2v) is 5.74. The van der Waals surface area contributed by atoms with E-state index in [2.05, 4.69) is 0 Å². The molecule has 1 atom stereocenters. The van der Waals surface area contributed by atoms with Crippen LogP contribution in [-0.4, -0.2) is 0 Å². The van der Waals surface area contributed by atoms with E-state index in [1.54, 1.807) is 0 Å². The van der Waals surface area contributed by atoms with E-state index in [-0.39, 0.29) is 6.04 Å². The first-order valence-electron chi connectivity index (χ1n) is 6.38. The summed E-state index contributed by atoms with van der Waals surface area (Å²) in [5.41, 5.74) is 8.76. The van der Waals surface area contributed by atoms with Gasteiger partial charge in [-0.2, -0.15) is 0 Å². The van der Waals surface area contributed by atoms with Gasteiger partial charge in [-0.3, -0.25) is 0 Å². The summed E-state index contributed by atoms with van der Waals surface area (Å²) in [7, 11) is 0. The molecule has 0 aliphatic carbocycles. The normalized spacial score (nSPS) is 12.3. The number of rotatable bonds is 3. The Morgan fingerprint density at radius 2 is 1.65 bits per heavy atom. The molecule has 0 aliphatic heterocycles. The largest absolute Gasteiger partial charge is 0.456 e. The van der Waals surface area contributed by atoms with Crippen LogP contribution in [-0.2, 0) is 0 Å². The van der Waals surface area contributed by atoms with Gasteiger partial charge in [0, 0.05) is 11.1 Å². The maximum atomic E-state index is 6.23. The van der Waals surface area contributed by atoms with E-state index >= 15 is 0 Å². The lowest BCUT2D eigenvalue weighted by Crippen LogP contribution is -2.04. The lowest BCUT2D eigenvalue weighted by molar-refractivity contribution is 0.481. The molecule has 0 spiro atoms. The summed E-state index contributed by atoms with van der Waals surface area (Å²) in [5, 5.41) is 1.31. The number of halogens is 2. The number of hydrogen-bond donors (Lipinski definition) is 1. The van der Waals surface area contributed by atoms with Crippen molar-refractivity contribution in [3.05, 3.63) is 57.1 Å². The smallest absolute Gasteiger partial charge is 0.146 e. The van der Waals surface area contributed by atoms with Gasteiger partial charge in [0.1, 0.15) is 11.5 Å². The van der Waals surface area contributed by atoms with Crippen LogP contribution in [0.3, 0.4) is 0 Å². The van der Waals surface area contributed by atoms with Crippen molar-refractivity contribution in [2.75, 3.05) is 0 Å². The van der Waals surface area contributed by atoms with E-state index in [1.807, 2.05) is 51.1 Å². The molecule has 2 nitrogen and oxygen atoms in total. The minimum atomic E-state index is -0.0541. The van der Waals surface area contributed by atoms with Crippen LogP contribution < -0.4 is 10.5 Å². The highest BCUT2D eigenvalue weighted by atomic mass is 35.5. The summed E-state index contributed by atoms with van der Waals surface area (Å²) in [5.74, 6) is 1.33. The molecule has 0 aromatic heterocycles. The van der Waals surface area contributed by atoms with Gasteiger partial charge in [-0.15, -0.1) is 0 Å². The minimum Gasteiger partial charge on any atom is -0.456 e. The molecule has 2 N–H and O–H groups in total. The van der Waals surface area contributed by atoms with E-state index in [0.717, 1.165) is 27.5 Å². The zero-order chi connectivity index (χ0) is 14.9. The quantitative estimate of drug-likeness (QED) is 0.821. The Morgan fingerprint density at radius 1 is 1.05 bits per heavy atom. The molecule has 0 amide bonds. The Bertz CT molecular complexity index is 615. The van der Waals surface area contributed by atoms with E-state index < -0.39 is 0 Å². The number of benzene rings is 2. The molecular formula is C16H17Cl2NO. The van der Waals surface area contributed by atoms with Crippen molar-refractivity contribution < 1.29 is 4.74 Å². The van der Waals surface area contributed by atoms with Gasteiger partial charge in [-0.25, -0.2) is 0 Å². The van der Waals surface area contributed by atoms with Gasteiger partial charge >= 0.3 is 0 Å². The lowest BCUT2D eigenvalue weighted by atomic mass is 10.1. The van der Waals surface area contributed by atoms with Crippen LogP contribution in [0.1, 0.15) is 29.7 Å². The molecular weight excluding hydrogens is 293 g/mol. The van der Waals surface area contributed by atoms with Gasteiger partial charge in [0.2, 0.25) is 0 Å². The third-order valence-electron chi connectivity index (χ3n) is 3.12. The van der Waals surface area contributed by atoms with Gasteiger partial charge in [0.15, 0.2) is 0 Å². The molecule has 0 aliphatic rings. The first kappa shape index (κ1) is 15.2. The van der Waals surface area contributed by atoms with Gasteiger partial charge in [0.25, 0.3) is 0 Å². The van der Waals surface area contributed by atoms with Crippen molar-refractivity contribution in [1.29, 1.82) is 0 Å². The highest BCUT2D eigenvalue weighted by Crippen LogP contribution is 2.33. The zero-order valence-corrected chi connectivity index (χ0v) is 13.2. The molecule has 0 saturated heterocycles. The van der Waals surface area contributed by atoms with Crippen LogP contribution in [0.15, 0.2) is 30.3 Å². The molecule has 0 saturated carbocycles. The van der Waals surface area contributed by atoms with Crippen molar-refractivity contribution in [3.63, 3.8) is 0 Å². The monoisotopic (exact) mass is 309 g/mol. The van der Waals surface area contributed by atoms with Crippen LogP contribution in [0.4, 0.5) is 0 Å². The van der Waals surface area contributed by atoms with Crippen molar-refractivity contribution in [2.24, 2.45) is 5.73 Å². The molecule has 2 rings (SSSR count). The molecule has 0 heterocycles. The summed E-state index contributed by atoms with van der Waals surface area (Å²) >= 11 is 12.4. The fraction of sp³-hybridized carbons (Fsp3) is 0.250. The first-order valence-corrected chi connectivity index (χ1v) is 7.13. The van der Waals surface area contributed by atoms with Crippen molar-refractivity contribution in [2.45, 2.75) is 26.8 Å². The van der Waals surface area contributed by atoms with Crippen molar-refractivity contribution in [1.82, 2.24) is 0 Å². The van der Waals surface area contributed by atoms with Gasteiger partial charge in [-0.1, -0.05) is 29.3 Å². The summed E-state index contributed by atoms with van der Waals surface area (Å²) in [6.45, 7) is 5.81. The maximum Gasteiger partial charge on any atom is 0.146 e. The Balaban J connectivity index is 2.31. The zero-order valence-electron chi connectivity index (χ0n) is 11.7. The molecule has 0 bridgehead atoms. The van der Waals surface area contributed by atoms with Gasteiger partial charge < -0.3 is 10.5 Å². The molecule has 4 heteroatoms. The van der Waals surface area contributed by atoms with E-state index in [9.17, 15) is 0 Å².